The minimum atomic E-state index is -3.54. The van der Waals surface area contributed by atoms with Crippen LogP contribution >= 0.6 is 11.8 Å². The van der Waals surface area contributed by atoms with Crippen LogP contribution in [0.2, 0.25) is 0 Å². The van der Waals surface area contributed by atoms with Crippen molar-refractivity contribution in [2.24, 2.45) is 5.73 Å². The smallest absolute Gasteiger partial charge is 0.243 e. The Labute approximate surface area is 152 Å². The number of benzene rings is 1. The minimum Gasteiger partial charge on any atom is -0.369 e. The molecule has 138 valence electrons. The second-order valence-corrected chi connectivity index (χ2v) is 8.79. The molecule has 0 aliphatic heterocycles. The molecule has 1 heterocycles. The van der Waals surface area contributed by atoms with E-state index in [1.54, 1.807) is 25.1 Å². The summed E-state index contributed by atoms with van der Waals surface area (Å²) in [5, 5.41) is 0.238. The number of primary amides is 1. The van der Waals surface area contributed by atoms with Crippen molar-refractivity contribution in [2.45, 2.75) is 49.5 Å². The van der Waals surface area contributed by atoms with E-state index in [1.165, 1.54) is 16.1 Å². The van der Waals surface area contributed by atoms with Gasteiger partial charge in [-0.2, -0.15) is 4.31 Å². The number of nitrogens with two attached hydrogens (primary N) is 1. The summed E-state index contributed by atoms with van der Waals surface area (Å²) < 4.78 is 28.7. The molecule has 2 aromatic rings. The molecule has 0 unspecified atom stereocenters. The Morgan fingerprint density at radius 3 is 2.48 bits per heavy atom. The summed E-state index contributed by atoms with van der Waals surface area (Å²) in [6.07, 6.45) is 0. The van der Waals surface area contributed by atoms with Crippen molar-refractivity contribution in [1.82, 2.24) is 13.9 Å². The molecule has 0 aliphatic rings. The normalized spacial score (nSPS) is 13.5. The number of sulfonamides is 1. The first-order valence-corrected chi connectivity index (χ1v) is 10.5. The minimum absolute atomic E-state index is 0.226. The number of amides is 1. The van der Waals surface area contributed by atoms with Crippen LogP contribution in [0.25, 0.3) is 11.0 Å². The lowest BCUT2D eigenvalue weighted by Gasteiger charge is -2.18. The van der Waals surface area contributed by atoms with E-state index in [4.69, 9.17) is 5.73 Å². The Balaban J connectivity index is 2.52. The fourth-order valence-corrected chi connectivity index (χ4v) is 4.99. The number of imidazole rings is 1. The summed E-state index contributed by atoms with van der Waals surface area (Å²) in [5.41, 5.74) is 6.76. The Bertz CT molecular complexity index is 873. The monoisotopic (exact) mass is 384 g/mol. The van der Waals surface area contributed by atoms with Gasteiger partial charge in [-0.05, 0) is 32.0 Å². The third-order valence-corrected chi connectivity index (χ3v) is 7.18. The molecule has 25 heavy (non-hydrogen) atoms. The molecule has 0 fully saturated rings. The first-order chi connectivity index (χ1) is 11.8. The van der Waals surface area contributed by atoms with Gasteiger partial charge in [0.25, 0.3) is 0 Å². The van der Waals surface area contributed by atoms with Gasteiger partial charge in [-0.3, -0.25) is 4.79 Å². The average Bonchev–Trinajstić information content (AvgIpc) is 2.91. The molecule has 1 amide bonds. The fraction of sp³-hybridized carbons (Fsp3) is 0.500. The van der Waals surface area contributed by atoms with Gasteiger partial charge in [-0.1, -0.05) is 25.6 Å². The molecule has 0 radical (unpaired) electrons. The topological polar surface area (TPSA) is 98.3 Å². The fourth-order valence-electron chi connectivity index (χ4n) is 2.57. The van der Waals surface area contributed by atoms with Crippen LogP contribution < -0.4 is 5.73 Å². The van der Waals surface area contributed by atoms with Crippen molar-refractivity contribution < 1.29 is 13.2 Å². The second-order valence-electron chi connectivity index (χ2n) is 5.54. The van der Waals surface area contributed by atoms with Crippen LogP contribution in [0.5, 0.6) is 0 Å². The SMILES string of the molecule is CCN(CC)S(=O)(=O)c1ccc2c(c1)nc(S[C@H](C)C(N)=O)n2CC. The number of aromatic nitrogens is 2. The van der Waals surface area contributed by atoms with Crippen LogP contribution in [0.1, 0.15) is 27.7 Å². The van der Waals surface area contributed by atoms with Gasteiger partial charge in [-0.25, -0.2) is 13.4 Å². The lowest BCUT2D eigenvalue weighted by molar-refractivity contribution is -0.117. The van der Waals surface area contributed by atoms with Gasteiger partial charge in [0.05, 0.1) is 21.2 Å². The first kappa shape index (κ1) is 19.7. The molecular formula is C16H24N4O3S2. The Morgan fingerprint density at radius 1 is 1.32 bits per heavy atom. The molecule has 1 aromatic carbocycles. The zero-order valence-corrected chi connectivity index (χ0v) is 16.5. The van der Waals surface area contributed by atoms with E-state index in [0.29, 0.717) is 30.3 Å². The molecule has 1 atom stereocenters. The Morgan fingerprint density at radius 2 is 1.96 bits per heavy atom. The van der Waals surface area contributed by atoms with Gasteiger partial charge < -0.3 is 10.3 Å². The summed E-state index contributed by atoms with van der Waals surface area (Å²) in [4.78, 5) is 16.1. The number of carbonyl (C=O) groups excluding carboxylic acids is 1. The second kappa shape index (κ2) is 7.76. The van der Waals surface area contributed by atoms with Gasteiger partial charge >= 0.3 is 0 Å². The van der Waals surface area contributed by atoms with Gasteiger partial charge in [0.15, 0.2) is 5.16 Å². The number of hydrogen-bond donors (Lipinski definition) is 1. The van der Waals surface area contributed by atoms with Crippen molar-refractivity contribution in [2.75, 3.05) is 13.1 Å². The molecule has 2 rings (SSSR count). The number of fused-ring (bicyclic) bond motifs is 1. The quantitative estimate of drug-likeness (QED) is 0.703. The largest absolute Gasteiger partial charge is 0.369 e. The molecule has 0 saturated heterocycles. The van der Waals surface area contributed by atoms with E-state index in [0.717, 1.165) is 5.52 Å². The van der Waals surface area contributed by atoms with Crippen LogP contribution in [0.15, 0.2) is 28.3 Å². The molecule has 7 nitrogen and oxygen atoms in total. The molecule has 0 spiro atoms. The van der Waals surface area contributed by atoms with Gasteiger partial charge in [0.2, 0.25) is 15.9 Å². The van der Waals surface area contributed by atoms with Crippen molar-refractivity contribution in [1.29, 1.82) is 0 Å². The predicted octanol–water partition coefficient (Wildman–Crippen LogP) is 2.05. The van der Waals surface area contributed by atoms with E-state index in [1.807, 2.05) is 25.3 Å². The maximum atomic E-state index is 12.7. The van der Waals surface area contributed by atoms with Crippen LogP contribution in [0.4, 0.5) is 0 Å². The maximum Gasteiger partial charge on any atom is 0.243 e. The summed E-state index contributed by atoms with van der Waals surface area (Å²) >= 11 is 1.27. The Hall–Kier alpha value is -1.58. The number of hydrogen-bond acceptors (Lipinski definition) is 5. The van der Waals surface area contributed by atoms with E-state index < -0.39 is 21.2 Å². The van der Waals surface area contributed by atoms with Crippen LogP contribution in [0.3, 0.4) is 0 Å². The highest BCUT2D eigenvalue weighted by Gasteiger charge is 2.23. The molecule has 0 aliphatic carbocycles. The van der Waals surface area contributed by atoms with Gasteiger partial charge in [0, 0.05) is 19.6 Å². The van der Waals surface area contributed by atoms with Crippen molar-refractivity contribution >= 4 is 38.7 Å². The van der Waals surface area contributed by atoms with Crippen LogP contribution in [-0.2, 0) is 21.4 Å². The number of thioether (sulfide) groups is 1. The van der Waals surface area contributed by atoms with Crippen LogP contribution in [0, 0.1) is 0 Å². The maximum absolute atomic E-state index is 12.7. The average molecular weight is 385 g/mol. The zero-order valence-electron chi connectivity index (χ0n) is 14.9. The first-order valence-electron chi connectivity index (χ1n) is 8.22. The highest BCUT2D eigenvalue weighted by molar-refractivity contribution is 8.00. The van der Waals surface area contributed by atoms with Crippen molar-refractivity contribution in [3.05, 3.63) is 18.2 Å². The predicted molar refractivity (Wildman–Crippen MR) is 100 cm³/mol. The molecule has 0 bridgehead atoms. The van der Waals surface area contributed by atoms with E-state index in [9.17, 15) is 13.2 Å². The summed E-state index contributed by atoms with van der Waals surface area (Å²) in [5.74, 6) is -0.412. The number of nitrogens with zero attached hydrogens (tertiary/aromatic N) is 3. The van der Waals surface area contributed by atoms with E-state index >= 15 is 0 Å². The third kappa shape index (κ3) is 3.83. The highest BCUT2D eigenvalue weighted by Crippen LogP contribution is 2.29. The molecule has 2 N–H and O–H groups in total. The number of aryl methyl sites for hydroxylation is 1. The third-order valence-electron chi connectivity index (χ3n) is 4.03. The summed E-state index contributed by atoms with van der Waals surface area (Å²) in [6.45, 7) is 8.81. The van der Waals surface area contributed by atoms with Gasteiger partial charge in [-0.15, -0.1) is 0 Å². The molecular weight excluding hydrogens is 360 g/mol. The summed E-state index contributed by atoms with van der Waals surface area (Å²) in [7, 11) is -3.54. The van der Waals surface area contributed by atoms with Gasteiger partial charge in [0.1, 0.15) is 0 Å². The standard InChI is InChI=1S/C16H24N4O3S2/c1-5-19(6-2)25(22,23)12-8-9-14-13(10-12)18-16(20(14)7-3)24-11(4)15(17)21/h8-11H,5-7H2,1-4H3,(H2,17,21)/t11-/m1/s1. The summed E-state index contributed by atoms with van der Waals surface area (Å²) in [6, 6.07) is 4.96. The Kier molecular flexibility index (Phi) is 6.12. The van der Waals surface area contributed by atoms with Crippen molar-refractivity contribution in [3.8, 4) is 0 Å². The lowest BCUT2D eigenvalue weighted by Crippen LogP contribution is -2.30. The highest BCUT2D eigenvalue weighted by atomic mass is 32.2. The van der Waals surface area contributed by atoms with Crippen molar-refractivity contribution in [3.63, 3.8) is 0 Å². The number of carbonyl (C=O) groups is 1. The molecule has 9 heteroatoms. The van der Waals surface area contributed by atoms with Crippen LogP contribution in [-0.4, -0.2) is 46.5 Å². The zero-order chi connectivity index (χ0) is 18.8. The van der Waals surface area contributed by atoms with E-state index in [-0.39, 0.29) is 4.90 Å². The van der Waals surface area contributed by atoms with E-state index in [2.05, 4.69) is 4.98 Å². The number of rotatable bonds is 8. The molecule has 0 saturated carbocycles. The molecule has 1 aromatic heterocycles. The lowest BCUT2D eigenvalue weighted by atomic mass is 10.3.